The lowest BCUT2D eigenvalue weighted by atomic mass is 10.0. The molecule has 0 unspecified atom stereocenters. The van der Waals surface area contributed by atoms with Crippen molar-refractivity contribution in [1.82, 2.24) is 24.9 Å². The van der Waals surface area contributed by atoms with Gasteiger partial charge in [0.2, 0.25) is 0 Å². The minimum Gasteiger partial charge on any atom is -0.390 e. The molecule has 1 amide bonds. The van der Waals surface area contributed by atoms with Crippen LogP contribution < -0.4 is 16.6 Å². The number of H-pyrrole nitrogens is 1. The summed E-state index contributed by atoms with van der Waals surface area (Å²) >= 11 is 0. The van der Waals surface area contributed by atoms with E-state index in [0.717, 1.165) is 21.6 Å². The second-order valence-electron chi connectivity index (χ2n) is 6.89. The van der Waals surface area contributed by atoms with E-state index < -0.39 is 29.3 Å². The van der Waals surface area contributed by atoms with E-state index in [1.54, 1.807) is 0 Å². The van der Waals surface area contributed by atoms with Crippen molar-refractivity contribution in [3.05, 3.63) is 49.6 Å². The smallest absolute Gasteiger partial charge is 0.328 e. The molecule has 0 spiro atoms. The van der Waals surface area contributed by atoms with Gasteiger partial charge in [-0.25, -0.2) is 4.79 Å². The molecule has 0 bridgehead atoms. The van der Waals surface area contributed by atoms with E-state index in [-0.39, 0.29) is 5.56 Å². The second-order valence-corrected chi connectivity index (χ2v) is 6.89. The summed E-state index contributed by atoms with van der Waals surface area (Å²) in [4.78, 5) is 39.8. The van der Waals surface area contributed by atoms with Crippen LogP contribution in [0.4, 0.5) is 0 Å². The van der Waals surface area contributed by atoms with Gasteiger partial charge in [0.25, 0.3) is 11.5 Å². The van der Waals surface area contributed by atoms with E-state index in [0.29, 0.717) is 26.1 Å². The van der Waals surface area contributed by atoms with Crippen molar-refractivity contribution in [2.24, 2.45) is 7.05 Å². The summed E-state index contributed by atoms with van der Waals surface area (Å²) in [5.41, 5.74) is 0.320. The van der Waals surface area contributed by atoms with Gasteiger partial charge in [0.1, 0.15) is 11.3 Å². The lowest BCUT2D eigenvalue weighted by molar-refractivity contribution is 0.0347. The molecule has 10 nitrogen and oxygen atoms in total. The SMILES string of the molecule is Cc1noc(C)c1CN1CC[C@@H](NC(=O)c2cn(C)c(=O)[nH]c2=O)[C@H](O)C1. The molecule has 2 aromatic heterocycles. The largest absolute Gasteiger partial charge is 0.390 e. The molecule has 2 atom stereocenters. The number of nitrogens with zero attached hydrogens (tertiary/aromatic N) is 3. The standard InChI is InChI=1S/C17H23N5O5/c1-9-11(10(2)27-20-9)7-22-5-4-13(14(23)8-22)18-15(24)12-6-21(3)17(26)19-16(12)25/h6,13-14,23H,4-5,7-8H2,1-3H3,(H,18,24)(H,19,25,26)/t13-,14-/m1/s1. The Bertz CT molecular complexity index is 940. The predicted octanol–water partition coefficient (Wildman–Crippen LogP) is -0.956. The van der Waals surface area contributed by atoms with Gasteiger partial charge in [-0.2, -0.15) is 0 Å². The minimum atomic E-state index is -0.783. The van der Waals surface area contributed by atoms with Gasteiger partial charge in [-0.05, 0) is 20.3 Å². The summed E-state index contributed by atoms with van der Waals surface area (Å²) in [5.74, 6) is 0.140. The molecule has 1 saturated heterocycles. The van der Waals surface area contributed by atoms with E-state index in [1.165, 1.54) is 13.2 Å². The van der Waals surface area contributed by atoms with Crippen LogP contribution >= 0.6 is 0 Å². The zero-order chi connectivity index (χ0) is 19.7. The quantitative estimate of drug-likeness (QED) is 0.625. The fourth-order valence-corrected chi connectivity index (χ4v) is 3.23. The first kappa shape index (κ1) is 19.1. The number of piperidine rings is 1. The van der Waals surface area contributed by atoms with Crippen LogP contribution in [0.2, 0.25) is 0 Å². The maximum absolute atomic E-state index is 12.4. The molecule has 3 N–H and O–H groups in total. The molecule has 27 heavy (non-hydrogen) atoms. The summed E-state index contributed by atoms with van der Waals surface area (Å²) in [5, 5.41) is 17.1. The molecule has 1 aliphatic heterocycles. The fraction of sp³-hybridized carbons (Fsp3) is 0.529. The lowest BCUT2D eigenvalue weighted by Gasteiger charge is -2.36. The van der Waals surface area contributed by atoms with Crippen molar-refractivity contribution >= 4 is 5.91 Å². The number of carbonyl (C=O) groups excluding carboxylic acids is 1. The van der Waals surface area contributed by atoms with Crippen LogP contribution in [0, 0.1) is 13.8 Å². The second kappa shape index (κ2) is 7.49. The number of aromatic nitrogens is 3. The van der Waals surface area contributed by atoms with Crippen molar-refractivity contribution in [3.8, 4) is 0 Å². The Labute approximate surface area is 154 Å². The van der Waals surface area contributed by atoms with Crippen LogP contribution in [-0.4, -0.2) is 55.9 Å². The third kappa shape index (κ3) is 4.01. The Morgan fingerprint density at radius 3 is 2.81 bits per heavy atom. The van der Waals surface area contributed by atoms with Crippen molar-refractivity contribution in [1.29, 1.82) is 0 Å². The first-order valence-corrected chi connectivity index (χ1v) is 8.69. The summed E-state index contributed by atoms with van der Waals surface area (Å²) in [6.07, 6.45) is 0.935. The predicted molar refractivity (Wildman–Crippen MR) is 95.4 cm³/mol. The number of rotatable bonds is 4. The number of amides is 1. The molecular formula is C17H23N5O5. The first-order valence-electron chi connectivity index (χ1n) is 8.69. The summed E-state index contributed by atoms with van der Waals surface area (Å²) in [6.45, 7) is 5.37. The highest BCUT2D eigenvalue weighted by atomic mass is 16.5. The minimum absolute atomic E-state index is 0.164. The fourth-order valence-electron chi connectivity index (χ4n) is 3.23. The van der Waals surface area contributed by atoms with Gasteiger partial charge in [-0.1, -0.05) is 5.16 Å². The van der Waals surface area contributed by atoms with Crippen LogP contribution in [0.5, 0.6) is 0 Å². The molecule has 0 saturated carbocycles. The normalized spacial score (nSPS) is 20.6. The molecule has 2 aromatic rings. The highest BCUT2D eigenvalue weighted by Crippen LogP contribution is 2.19. The topological polar surface area (TPSA) is 133 Å². The van der Waals surface area contributed by atoms with E-state index in [2.05, 4.69) is 20.4 Å². The number of hydrogen-bond acceptors (Lipinski definition) is 7. The van der Waals surface area contributed by atoms with Crippen LogP contribution in [0.15, 0.2) is 20.3 Å². The zero-order valence-electron chi connectivity index (χ0n) is 15.5. The van der Waals surface area contributed by atoms with Crippen molar-refractivity contribution in [2.75, 3.05) is 13.1 Å². The molecule has 10 heteroatoms. The summed E-state index contributed by atoms with van der Waals surface area (Å²) in [7, 11) is 1.44. The number of hydrogen-bond donors (Lipinski definition) is 3. The Morgan fingerprint density at radius 1 is 1.44 bits per heavy atom. The highest BCUT2D eigenvalue weighted by molar-refractivity contribution is 5.93. The molecule has 146 valence electrons. The average Bonchev–Trinajstić information content (AvgIpc) is 2.92. The number of aryl methyl sites for hydroxylation is 3. The Kier molecular flexibility index (Phi) is 5.29. The Hall–Kier alpha value is -2.72. The lowest BCUT2D eigenvalue weighted by Crippen LogP contribution is -2.54. The van der Waals surface area contributed by atoms with Crippen LogP contribution in [0.1, 0.15) is 33.8 Å². The van der Waals surface area contributed by atoms with Crippen molar-refractivity contribution < 1.29 is 14.4 Å². The molecule has 3 rings (SSSR count). The van der Waals surface area contributed by atoms with Crippen LogP contribution in [-0.2, 0) is 13.6 Å². The number of aromatic amines is 1. The highest BCUT2D eigenvalue weighted by Gasteiger charge is 2.30. The van der Waals surface area contributed by atoms with E-state index in [1.807, 2.05) is 13.8 Å². The third-order valence-electron chi connectivity index (χ3n) is 4.90. The Morgan fingerprint density at radius 2 is 2.19 bits per heavy atom. The number of nitrogens with one attached hydrogen (secondary N) is 2. The van der Waals surface area contributed by atoms with Crippen molar-refractivity contribution in [3.63, 3.8) is 0 Å². The first-order chi connectivity index (χ1) is 12.8. The number of carbonyl (C=O) groups is 1. The van der Waals surface area contributed by atoms with Gasteiger partial charge in [0.15, 0.2) is 0 Å². The van der Waals surface area contributed by atoms with Crippen molar-refractivity contribution in [2.45, 2.75) is 39.0 Å². The Balaban J connectivity index is 1.63. The number of aliphatic hydroxyl groups excluding tert-OH is 1. The molecular weight excluding hydrogens is 354 g/mol. The van der Waals surface area contributed by atoms with Gasteiger partial charge in [0, 0.05) is 38.4 Å². The van der Waals surface area contributed by atoms with E-state index in [4.69, 9.17) is 4.52 Å². The monoisotopic (exact) mass is 377 g/mol. The molecule has 0 radical (unpaired) electrons. The molecule has 0 aromatic carbocycles. The van der Waals surface area contributed by atoms with Crippen LogP contribution in [0.25, 0.3) is 0 Å². The maximum Gasteiger partial charge on any atom is 0.328 e. The summed E-state index contributed by atoms with van der Waals surface area (Å²) in [6, 6.07) is -0.477. The average molecular weight is 377 g/mol. The molecule has 1 aliphatic rings. The maximum atomic E-state index is 12.4. The number of aliphatic hydroxyl groups is 1. The third-order valence-corrected chi connectivity index (χ3v) is 4.90. The van der Waals surface area contributed by atoms with Gasteiger partial charge in [0.05, 0.1) is 17.8 Å². The number of likely N-dealkylation sites (tertiary alicyclic amines) is 1. The van der Waals surface area contributed by atoms with Crippen LogP contribution in [0.3, 0.4) is 0 Å². The van der Waals surface area contributed by atoms with Gasteiger partial charge in [-0.15, -0.1) is 0 Å². The zero-order valence-corrected chi connectivity index (χ0v) is 15.5. The van der Waals surface area contributed by atoms with E-state index in [9.17, 15) is 19.5 Å². The van der Waals surface area contributed by atoms with Gasteiger partial charge in [-0.3, -0.25) is 19.5 Å². The van der Waals surface area contributed by atoms with Gasteiger partial charge >= 0.3 is 5.69 Å². The van der Waals surface area contributed by atoms with E-state index >= 15 is 0 Å². The number of β-amino-alcohol motifs (C(OH)–C–C–N with tert-alkyl or cyclic N) is 1. The molecule has 0 aliphatic carbocycles. The molecule has 3 heterocycles. The summed E-state index contributed by atoms with van der Waals surface area (Å²) < 4.78 is 6.29. The van der Waals surface area contributed by atoms with Gasteiger partial charge < -0.3 is 19.5 Å². The molecule has 1 fully saturated rings.